The van der Waals surface area contributed by atoms with Crippen LogP contribution in [0.5, 0.6) is 0 Å². The van der Waals surface area contributed by atoms with Gasteiger partial charge in [0.2, 0.25) is 0 Å². The summed E-state index contributed by atoms with van der Waals surface area (Å²) in [7, 11) is 0. The number of hydrogen-bond donors (Lipinski definition) is 1. The fourth-order valence-electron chi connectivity index (χ4n) is 1.38. The topological polar surface area (TPSA) is 46.3 Å². The molecule has 2 heterocycles. The molecule has 0 amide bonds. The Labute approximate surface area is 94.1 Å². The average molecular weight is 215 g/mol. The Kier molecular flexibility index (Phi) is 3.17. The van der Waals surface area contributed by atoms with Crippen LogP contribution < -0.4 is 0 Å². The van der Waals surface area contributed by atoms with Crippen molar-refractivity contribution in [1.82, 2.24) is 4.98 Å². The van der Waals surface area contributed by atoms with Gasteiger partial charge in [0.1, 0.15) is 11.5 Å². The van der Waals surface area contributed by atoms with Gasteiger partial charge in [-0.25, -0.2) is 0 Å². The molecule has 2 aromatic rings. The van der Waals surface area contributed by atoms with Gasteiger partial charge >= 0.3 is 0 Å². The molecule has 0 spiro atoms. The predicted octanol–water partition coefficient (Wildman–Crippen LogP) is 2.74. The lowest BCUT2D eigenvalue weighted by atomic mass is 10.2. The highest BCUT2D eigenvalue weighted by molar-refractivity contribution is 5.59. The Morgan fingerprint density at radius 2 is 2.31 bits per heavy atom. The molecule has 82 valence electrons. The van der Waals surface area contributed by atoms with Gasteiger partial charge in [-0.2, -0.15) is 0 Å². The van der Waals surface area contributed by atoms with Crippen LogP contribution in [0.1, 0.15) is 12.7 Å². The van der Waals surface area contributed by atoms with Gasteiger partial charge in [-0.3, -0.25) is 4.98 Å². The molecule has 2 rings (SSSR count). The molecule has 0 aliphatic heterocycles. The maximum Gasteiger partial charge on any atom is 0.136 e. The lowest BCUT2D eigenvalue weighted by Crippen LogP contribution is -1.82. The first-order chi connectivity index (χ1) is 7.79. The van der Waals surface area contributed by atoms with E-state index in [0.717, 1.165) is 22.7 Å². The van der Waals surface area contributed by atoms with Gasteiger partial charge in [0.05, 0.1) is 6.61 Å². The monoisotopic (exact) mass is 215 g/mol. The quantitative estimate of drug-likeness (QED) is 0.856. The smallest absolute Gasteiger partial charge is 0.136 e. The van der Waals surface area contributed by atoms with Gasteiger partial charge in [0.15, 0.2) is 0 Å². The van der Waals surface area contributed by atoms with Crippen molar-refractivity contribution in [3.05, 3.63) is 48.0 Å². The average Bonchev–Trinajstić information content (AvgIpc) is 2.78. The summed E-state index contributed by atoms with van der Waals surface area (Å²) < 4.78 is 5.61. The fourth-order valence-corrected chi connectivity index (χ4v) is 1.38. The summed E-state index contributed by atoms with van der Waals surface area (Å²) in [5.74, 6) is 1.52. The van der Waals surface area contributed by atoms with Crippen molar-refractivity contribution < 1.29 is 9.52 Å². The number of rotatable bonds is 3. The summed E-state index contributed by atoms with van der Waals surface area (Å²) in [5, 5.41) is 8.90. The molecule has 0 radical (unpaired) electrons. The molecule has 0 aliphatic rings. The molecule has 0 aliphatic carbocycles. The van der Waals surface area contributed by atoms with Crippen LogP contribution in [0.4, 0.5) is 0 Å². The number of hydrogen-bond acceptors (Lipinski definition) is 3. The van der Waals surface area contributed by atoms with Crippen molar-refractivity contribution in [3.8, 4) is 11.3 Å². The van der Waals surface area contributed by atoms with E-state index in [2.05, 4.69) is 4.98 Å². The minimum absolute atomic E-state index is 0.0446. The van der Waals surface area contributed by atoms with E-state index >= 15 is 0 Å². The zero-order chi connectivity index (χ0) is 11.4. The molecule has 1 N–H and O–H groups in total. The third-order valence-electron chi connectivity index (χ3n) is 2.21. The fraction of sp³-hybridized carbons (Fsp3) is 0.154. The SMILES string of the molecule is CC(=Cc1ccc(-c2cccnc2)o1)CO. The Balaban J connectivity index is 2.27. The highest BCUT2D eigenvalue weighted by atomic mass is 16.3. The van der Waals surface area contributed by atoms with Crippen LogP contribution in [0.2, 0.25) is 0 Å². The van der Waals surface area contributed by atoms with Crippen LogP contribution in [0.25, 0.3) is 17.4 Å². The maximum atomic E-state index is 8.90. The molecular weight excluding hydrogens is 202 g/mol. The highest BCUT2D eigenvalue weighted by Gasteiger charge is 2.02. The van der Waals surface area contributed by atoms with Crippen molar-refractivity contribution in [2.75, 3.05) is 6.61 Å². The van der Waals surface area contributed by atoms with E-state index in [-0.39, 0.29) is 6.61 Å². The van der Waals surface area contributed by atoms with Crippen LogP contribution in [0.15, 0.2) is 46.6 Å². The van der Waals surface area contributed by atoms with Crippen molar-refractivity contribution in [2.24, 2.45) is 0 Å². The number of aliphatic hydroxyl groups is 1. The van der Waals surface area contributed by atoms with Crippen molar-refractivity contribution in [2.45, 2.75) is 6.92 Å². The van der Waals surface area contributed by atoms with E-state index in [1.165, 1.54) is 0 Å². The lowest BCUT2D eigenvalue weighted by Gasteiger charge is -1.95. The van der Waals surface area contributed by atoms with Crippen LogP contribution in [0.3, 0.4) is 0 Å². The maximum absolute atomic E-state index is 8.90. The minimum atomic E-state index is 0.0446. The summed E-state index contributed by atoms with van der Waals surface area (Å²) in [6, 6.07) is 7.58. The summed E-state index contributed by atoms with van der Waals surface area (Å²) in [4.78, 5) is 4.03. The van der Waals surface area contributed by atoms with Gasteiger partial charge in [-0.1, -0.05) is 0 Å². The van der Waals surface area contributed by atoms with Gasteiger partial charge in [0, 0.05) is 18.0 Å². The van der Waals surface area contributed by atoms with E-state index < -0.39 is 0 Å². The van der Waals surface area contributed by atoms with E-state index in [1.807, 2.05) is 37.3 Å². The Hall–Kier alpha value is -1.87. The molecule has 2 aromatic heterocycles. The molecule has 0 atom stereocenters. The standard InChI is InChI=1S/C13H13NO2/c1-10(9-15)7-12-4-5-13(16-12)11-3-2-6-14-8-11/h2-8,15H,9H2,1H3. The van der Waals surface area contributed by atoms with Crippen molar-refractivity contribution in [3.63, 3.8) is 0 Å². The normalized spacial score (nSPS) is 11.8. The largest absolute Gasteiger partial charge is 0.457 e. The third-order valence-corrected chi connectivity index (χ3v) is 2.21. The van der Waals surface area contributed by atoms with Crippen LogP contribution in [0, 0.1) is 0 Å². The van der Waals surface area contributed by atoms with E-state index in [4.69, 9.17) is 9.52 Å². The second kappa shape index (κ2) is 4.77. The minimum Gasteiger partial charge on any atom is -0.457 e. The molecule has 0 unspecified atom stereocenters. The summed E-state index contributed by atoms with van der Waals surface area (Å²) in [6.45, 7) is 1.90. The molecule has 0 aromatic carbocycles. The predicted molar refractivity (Wildman–Crippen MR) is 62.7 cm³/mol. The molecule has 3 nitrogen and oxygen atoms in total. The van der Waals surface area contributed by atoms with Crippen LogP contribution >= 0.6 is 0 Å². The summed E-state index contributed by atoms with van der Waals surface area (Å²) in [6.07, 6.45) is 5.30. The van der Waals surface area contributed by atoms with Gasteiger partial charge < -0.3 is 9.52 Å². The zero-order valence-electron chi connectivity index (χ0n) is 9.05. The number of pyridine rings is 1. The van der Waals surface area contributed by atoms with Crippen molar-refractivity contribution >= 4 is 6.08 Å². The number of nitrogens with zero attached hydrogens (tertiary/aromatic N) is 1. The molecule has 16 heavy (non-hydrogen) atoms. The van der Waals surface area contributed by atoms with Crippen molar-refractivity contribution in [1.29, 1.82) is 0 Å². The summed E-state index contributed by atoms with van der Waals surface area (Å²) in [5.41, 5.74) is 1.82. The molecule has 0 saturated carbocycles. The van der Waals surface area contributed by atoms with Gasteiger partial charge in [0.25, 0.3) is 0 Å². The second-order valence-electron chi connectivity index (χ2n) is 3.59. The van der Waals surface area contributed by atoms with Crippen LogP contribution in [-0.2, 0) is 0 Å². The number of aromatic nitrogens is 1. The first-order valence-corrected chi connectivity index (χ1v) is 5.08. The first kappa shape index (κ1) is 10.6. The summed E-state index contributed by atoms with van der Waals surface area (Å²) >= 11 is 0. The molecule has 0 saturated heterocycles. The van der Waals surface area contributed by atoms with E-state index in [1.54, 1.807) is 12.4 Å². The highest BCUT2D eigenvalue weighted by Crippen LogP contribution is 2.22. The van der Waals surface area contributed by atoms with Gasteiger partial charge in [-0.15, -0.1) is 0 Å². The second-order valence-corrected chi connectivity index (χ2v) is 3.59. The number of furan rings is 1. The Bertz CT molecular complexity index is 486. The number of aliphatic hydroxyl groups excluding tert-OH is 1. The van der Waals surface area contributed by atoms with E-state index in [9.17, 15) is 0 Å². The Morgan fingerprint density at radius 3 is 3.00 bits per heavy atom. The Morgan fingerprint density at radius 1 is 1.44 bits per heavy atom. The molecular formula is C13H13NO2. The zero-order valence-corrected chi connectivity index (χ0v) is 9.05. The van der Waals surface area contributed by atoms with Crippen LogP contribution in [-0.4, -0.2) is 16.7 Å². The first-order valence-electron chi connectivity index (χ1n) is 5.08. The molecule has 0 fully saturated rings. The molecule has 0 bridgehead atoms. The lowest BCUT2D eigenvalue weighted by molar-refractivity contribution is 0.332. The third kappa shape index (κ3) is 2.38. The molecule has 3 heteroatoms. The van der Waals surface area contributed by atoms with Gasteiger partial charge in [-0.05, 0) is 42.8 Å². The van der Waals surface area contributed by atoms with E-state index in [0.29, 0.717) is 0 Å².